The van der Waals surface area contributed by atoms with Crippen LogP contribution < -0.4 is 4.74 Å². The van der Waals surface area contributed by atoms with Gasteiger partial charge in [-0.25, -0.2) is 0 Å². The molecule has 0 aromatic heterocycles. The van der Waals surface area contributed by atoms with E-state index in [4.69, 9.17) is 4.74 Å². The molecule has 0 bridgehead atoms. The second-order valence-corrected chi connectivity index (χ2v) is 5.18. The van der Waals surface area contributed by atoms with E-state index in [-0.39, 0.29) is 6.10 Å². The van der Waals surface area contributed by atoms with E-state index in [0.29, 0.717) is 0 Å². The molecule has 1 N–H and O–H groups in total. The Labute approximate surface area is 121 Å². The van der Waals surface area contributed by atoms with E-state index in [1.807, 2.05) is 50.2 Å². The fourth-order valence-electron chi connectivity index (χ4n) is 2.19. The summed E-state index contributed by atoms with van der Waals surface area (Å²) in [5.41, 5.74) is 3.31. The van der Waals surface area contributed by atoms with Crippen molar-refractivity contribution in [3.8, 4) is 5.75 Å². The van der Waals surface area contributed by atoms with Gasteiger partial charge in [0.15, 0.2) is 0 Å². The van der Waals surface area contributed by atoms with Gasteiger partial charge < -0.3 is 9.84 Å². The SMILES string of the molecule is CCc1ccc(C(O)C(C)Oc2cccc(C)c2)cc1. The van der Waals surface area contributed by atoms with Crippen molar-refractivity contribution in [2.75, 3.05) is 0 Å². The molecule has 0 spiro atoms. The summed E-state index contributed by atoms with van der Waals surface area (Å²) >= 11 is 0. The van der Waals surface area contributed by atoms with E-state index in [1.54, 1.807) is 0 Å². The number of benzene rings is 2. The second kappa shape index (κ2) is 6.58. The third-order valence-corrected chi connectivity index (χ3v) is 3.49. The summed E-state index contributed by atoms with van der Waals surface area (Å²) in [7, 11) is 0. The predicted octanol–water partition coefficient (Wildman–Crippen LogP) is 4.06. The number of hydrogen-bond donors (Lipinski definition) is 1. The molecule has 0 saturated heterocycles. The van der Waals surface area contributed by atoms with Gasteiger partial charge in [0.25, 0.3) is 0 Å². The maximum Gasteiger partial charge on any atom is 0.126 e. The summed E-state index contributed by atoms with van der Waals surface area (Å²) < 4.78 is 5.82. The summed E-state index contributed by atoms with van der Waals surface area (Å²) in [4.78, 5) is 0. The van der Waals surface area contributed by atoms with Gasteiger partial charge in [-0.15, -0.1) is 0 Å². The van der Waals surface area contributed by atoms with Crippen LogP contribution in [-0.4, -0.2) is 11.2 Å². The van der Waals surface area contributed by atoms with E-state index in [9.17, 15) is 5.11 Å². The maximum atomic E-state index is 10.4. The molecule has 0 radical (unpaired) electrons. The molecule has 0 amide bonds. The first kappa shape index (κ1) is 14.6. The van der Waals surface area contributed by atoms with E-state index in [0.717, 1.165) is 23.3 Å². The molecular formula is C18H22O2. The minimum atomic E-state index is -0.624. The third kappa shape index (κ3) is 3.61. The highest BCUT2D eigenvalue weighted by Crippen LogP contribution is 2.23. The molecule has 0 aliphatic carbocycles. The van der Waals surface area contributed by atoms with Crippen LogP contribution in [0.25, 0.3) is 0 Å². The van der Waals surface area contributed by atoms with Crippen molar-refractivity contribution < 1.29 is 9.84 Å². The molecule has 20 heavy (non-hydrogen) atoms. The molecule has 0 fully saturated rings. The Morgan fingerprint density at radius 2 is 1.80 bits per heavy atom. The van der Waals surface area contributed by atoms with Crippen molar-refractivity contribution in [3.63, 3.8) is 0 Å². The topological polar surface area (TPSA) is 29.5 Å². The standard InChI is InChI=1S/C18H22O2/c1-4-15-8-10-16(11-9-15)18(19)14(3)20-17-7-5-6-13(2)12-17/h5-12,14,18-19H,4H2,1-3H3. The van der Waals surface area contributed by atoms with Crippen molar-refractivity contribution >= 4 is 0 Å². The van der Waals surface area contributed by atoms with Crippen LogP contribution >= 0.6 is 0 Å². The van der Waals surface area contributed by atoms with Crippen LogP contribution in [0.5, 0.6) is 5.75 Å². The monoisotopic (exact) mass is 270 g/mol. The first-order chi connectivity index (χ1) is 9.60. The van der Waals surface area contributed by atoms with Gasteiger partial charge in [-0.05, 0) is 49.1 Å². The second-order valence-electron chi connectivity index (χ2n) is 5.18. The number of rotatable bonds is 5. The predicted molar refractivity (Wildman–Crippen MR) is 82.0 cm³/mol. The Balaban J connectivity index is 2.05. The lowest BCUT2D eigenvalue weighted by molar-refractivity contribution is 0.0467. The van der Waals surface area contributed by atoms with Gasteiger partial charge in [0, 0.05) is 0 Å². The van der Waals surface area contributed by atoms with Gasteiger partial charge >= 0.3 is 0 Å². The highest BCUT2D eigenvalue weighted by atomic mass is 16.5. The first-order valence-electron chi connectivity index (χ1n) is 7.10. The van der Waals surface area contributed by atoms with Crippen molar-refractivity contribution in [2.45, 2.75) is 39.4 Å². The Morgan fingerprint density at radius 1 is 1.10 bits per heavy atom. The minimum Gasteiger partial charge on any atom is -0.488 e. The summed E-state index contributed by atoms with van der Waals surface area (Å²) in [6, 6.07) is 15.9. The molecule has 2 aromatic rings. The van der Waals surface area contributed by atoms with E-state index in [1.165, 1.54) is 5.56 Å². The molecule has 2 nitrogen and oxygen atoms in total. The van der Waals surface area contributed by atoms with Gasteiger partial charge in [0.1, 0.15) is 18.0 Å². The zero-order valence-corrected chi connectivity index (χ0v) is 12.3. The Kier molecular flexibility index (Phi) is 4.80. The van der Waals surface area contributed by atoms with Gasteiger partial charge in [0.2, 0.25) is 0 Å². The lowest BCUT2D eigenvalue weighted by Gasteiger charge is -2.21. The van der Waals surface area contributed by atoms with Gasteiger partial charge in [-0.2, -0.15) is 0 Å². The number of aliphatic hydroxyl groups excluding tert-OH is 1. The third-order valence-electron chi connectivity index (χ3n) is 3.49. The van der Waals surface area contributed by atoms with Crippen molar-refractivity contribution in [3.05, 3.63) is 65.2 Å². The van der Waals surface area contributed by atoms with E-state index in [2.05, 4.69) is 19.1 Å². The number of ether oxygens (including phenoxy) is 1. The van der Waals surface area contributed by atoms with Crippen LogP contribution in [0.4, 0.5) is 0 Å². The van der Waals surface area contributed by atoms with Gasteiger partial charge in [-0.3, -0.25) is 0 Å². The van der Waals surface area contributed by atoms with E-state index < -0.39 is 6.10 Å². The van der Waals surface area contributed by atoms with Crippen molar-refractivity contribution in [2.24, 2.45) is 0 Å². The number of hydrogen-bond acceptors (Lipinski definition) is 2. The molecule has 0 aliphatic rings. The maximum absolute atomic E-state index is 10.4. The molecule has 0 heterocycles. The summed E-state index contributed by atoms with van der Waals surface area (Å²) in [6.45, 7) is 6.03. The van der Waals surface area contributed by atoms with Crippen LogP contribution in [-0.2, 0) is 6.42 Å². The van der Waals surface area contributed by atoms with Gasteiger partial charge in [-0.1, -0.05) is 43.3 Å². The lowest BCUT2D eigenvalue weighted by atomic mass is 10.0. The lowest BCUT2D eigenvalue weighted by Crippen LogP contribution is -2.21. The highest BCUT2D eigenvalue weighted by Gasteiger charge is 2.18. The zero-order chi connectivity index (χ0) is 14.5. The molecule has 2 heteroatoms. The molecule has 0 aliphatic heterocycles. The average molecular weight is 270 g/mol. The van der Waals surface area contributed by atoms with Crippen molar-refractivity contribution in [1.29, 1.82) is 0 Å². The first-order valence-corrected chi connectivity index (χ1v) is 7.10. The Bertz CT molecular complexity index is 546. The molecule has 2 rings (SSSR count). The zero-order valence-electron chi connectivity index (χ0n) is 12.3. The summed E-state index contributed by atoms with van der Waals surface area (Å²) in [5, 5.41) is 10.4. The molecule has 2 unspecified atom stereocenters. The molecule has 106 valence electrons. The smallest absolute Gasteiger partial charge is 0.126 e. The highest BCUT2D eigenvalue weighted by molar-refractivity contribution is 5.29. The molecule has 2 aromatic carbocycles. The molecular weight excluding hydrogens is 248 g/mol. The fraction of sp³-hybridized carbons (Fsp3) is 0.333. The average Bonchev–Trinajstić information content (AvgIpc) is 2.46. The number of aryl methyl sites for hydroxylation is 2. The Hall–Kier alpha value is -1.80. The molecule has 0 saturated carbocycles. The number of aliphatic hydroxyl groups is 1. The van der Waals surface area contributed by atoms with Crippen LogP contribution in [0.15, 0.2) is 48.5 Å². The van der Waals surface area contributed by atoms with Crippen molar-refractivity contribution in [1.82, 2.24) is 0 Å². The van der Waals surface area contributed by atoms with Gasteiger partial charge in [0.05, 0.1) is 0 Å². The summed E-state index contributed by atoms with van der Waals surface area (Å²) in [5.74, 6) is 0.793. The largest absolute Gasteiger partial charge is 0.488 e. The Morgan fingerprint density at radius 3 is 2.40 bits per heavy atom. The minimum absolute atomic E-state index is 0.288. The molecule has 2 atom stereocenters. The van der Waals surface area contributed by atoms with Crippen LogP contribution in [0, 0.1) is 6.92 Å². The van der Waals surface area contributed by atoms with Crippen LogP contribution in [0.1, 0.15) is 36.6 Å². The van der Waals surface area contributed by atoms with E-state index >= 15 is 0 Å². The summed E-state index contributed by atoms with van der Waals surface area (Å²) in [6.07, 6.45) is 0.0943. The fourth-order valence-corrected chi connectivity index (χ4v) is 2.19. The quantitative estimate of drug-likeness (QED) is 0.888. The van der Waals surface area contributed by atoms with Crippen LogP contribution in [0.3, 0.4) is 0 Å². The van der Waals surface area contributed by atoms with Crippen LogP contribution in [0.2, 0.25) is 0 Å². The normalized spacial score (nSPS) is 13.8.